The SMILES string of the molecule is COc1ccccc1N1CC[NH+](Cc2ccc(C(=O)N/N=C\c3c4ccccc4cc4ccccc34)cc2)CC1. The highest BCUT2D eigenvalue weighted by atomic mass is 16.5. The van der Waals surface area contributed by atoms with E-state index in [4.69, 9.17) is 4.74 Å². The second kappa shape index (κ2) is 11.6. The minimum absolute atomic E-state index is 0.217. The number of piperazine rings is 1. The summed E-state index contributed by atoms with van der Waals surface area (Å²) in [7, 11) is 1.73. The molecule has 5 aromatic rings. The van der Waals surface area contributed by atoms with Crippen LogP contribution in [0.1, 0.15) is 21.5 Å². The molecular weight excluding hydrogens is 496 g/mol. The average molecular weight is 530 g/mol. The molecule has 1 aliphatic heterocycles. The van der Waals surface area contributed by atoms with Gasteiger partial charge in [-0.15, -0.1) is 0 Å². The second-order valence-electron chi connectivity index (χ2n) is 10.2. The van der Waals surface area contributed by atoms with Gasteiger partial charge in [-0.3, -0.25) is 4.79 Å². The molecule has 40 heavy (non-hydrogen) atoms. The maximum absolute atomic E-state index is 12.8. The van der Waals surface area contributed by atoms with Crippen LogP contribution < -0.4 is 20.0 Å². The van der Waals surface area contributed by atoms with Crippen molar-refractivity contribution in [2.75, 3.05) is 38.2 Å². The van der Waals surface area contributed by atoms with Crippen molar-refractivity contribution in [2.45, 2.75) is 6.54 Å². The van der Waals surface area contributed by atoms with Crippen LogP contribution in [0.2, 0.25) is 0 Å². The van der Waals surface area contributed by atoms with Gasteiger partial charge in [0.25, 0.3) is 5.91 Å². The number of fused-ring (bicyclic) bond motifs is 2. The van der Waals surface area contributed by atoms with Gasteiger partial charge in [0.1, 0.15) is 12.3 Å². The normalized spacial score (nSPS) is 14.2. The molecule has 0 spiro atoms. The summed E-state index contributed by atoms with van der Waals surface area (Å²) in [5, 5.41) is 8.84. The molecule has 6 nitrogen and oxygen atoms in total. The molecule has 2 N–H and O–H groups in total. The summed E-state index contributed by atoms with van der Waals surface area (Å²) in [5.41, 5.74) is 6.70. The third kappa shape index (κ3) is 5.40. The summed E-state index contributed by atoms with van der Waals surface area (Å²) in [5.74, 6) is 0.708. The zero-order valence-electron chi connectivity index (χ0n) is 22.6. The van der Waals surface area contributed by atoms with Gasteiger partial charge in [-0.25, -0.2) is 5.43 Å². The summed E-state index contributed by atoms with van der Waals surface area (Å²) in [6, 6.07) is 34.8. The molecule has 1 saturated heterocycles. The van der Waals surface area contributed by atoms with Gasteiger partial charge in [0.05, 0.1) is 45.2 Å². The molecule has 0 bridgehead atoms. The molecule has 6 heteroatoms. The number of amides is 1. The zero-order chi connectivity index (χ0) is 27.3. The number of nitrogens with one attached hydrogen (secondary N) is 2. The Hall–Kier alpha value is -4.68. The van der Waals surface area contributed by atoms with Crippen molar-refractivity contribution in [3.8, 4) is 5.75 Å². The topological polar surface area (TPSA) is 58.4 Å². The summed E-state index contributed by atoms with van der Waals surface area (Å²) in [4.78, 5) is 16.8. The molecule has 6 rings (SSSR count). The van der Waals surface area contributed by atoms with Crippen LogP contribution >= 0.6 is 0 Å². The summed E-state index contributed by atoms with van der Waals surface area (Å²) < 4.78 is 5.54. The van der Waals surface area contributed by atoms with Crippen molar-refractivity contribution in [3.63, 3.8) is 0 Å². The van der Waals surface area contributed by atoms with E-state index in [1.807, 2.05) is 48.5 Å². The maximum Gasteiger partial charge on any atom is 0.271 e. The number of rotatable bonds is 7. The number of para-hydroxylation sites is 2. The van der Waals surface area contributed by atoms with E-state index in [2.05, 4.69) is 70.0 Å². The van der Waals surface area contributed by atoms with Crippen molar-refractivity contribution in [1.29, 1.82) is 0 Å². The first-order valence-electron chi connectivity index (χ1n) is 13.7. The van der Waals surface area contributed by atoms with E-state index in [1.54, 1.807) is 13.3 Å². The molecule has 0 unspecified atom stereocenters. The zero-order valence-corrected chi connectivity index (χ0v) is 22.6. The smallest absolute Gasteiger partial charge is 0.271 e. The van der Waals surface area contributed by atoms with Crippen LogP contribution in [0.4, 0.5) is 5.69 Å². The van der Waals surface area contributed by atoms with Crippen LogP contribution in [-0.4, -0.2) is 45.4 Å². The second-order valence-corrected chi connectivity index (χ2v) is 10.2. The molecule has 0 saturated carbocycles. The fourth-order valence-corrected chi connectivity index (χ4v) is 5.60. The summed E-state index contributed by atoms with van der Waals surface area (Å²) in [6.45, 7) is 5.02. The number of carbonyl (C=O) groups excluding carboxylic acids is 1. The van der Waals surface area contributed by atoms with Gasteiger partial charge in [-0.05, 0) is 51.9 Å². The third-order valence-electron chi connectivity index (χ3n) is 7.74. The number of quaternary nitrogens is 1. The van der Waals surface area contributed by atoms with Gasteiger partial charge in [0, 0.05) is 16.7 Å². The largest absolute Gasteiger partial charge is 0.495 e. The Balaban J connectivity index is 1.07. The molecule has 1 amide bonds. The van der Waals surface area contributed by atoms with Gasteiger partial charge in [0.15, 0.2) is 0 Å². The van der Waals surface area contributed by atoms with E-state index < -0.39 is 0 Å². The number of hydrogen-bond donors (Lipinski definition) is 2. The van der Waals surface area contributed by atoms with E-state index in [1.165, 1.54) is 10.5 Å². The number of carbonyl (C=O) groups is 1. The molecule has 5 aromatic carbocycles. The summed E-state index contributed by atoms with van der Waals surface area (Å²) in [6.07, 6.45) is 1.75. The Kier molecular flexibility index (Phi) is 7.42. The van der Waals surface area contributed by atoms with E-state index in [0.29, 0.717) is 5.56 Å². The number of ether oxygens (including phenoxy) is 1. The lowest BCUT2D eigenvalue weighted by Crippen LogP contribution is -3.13. The molecule has 0 radical (unpaired) electrons. The third-order valence-corrected chi connectivity index (χ3v) is 7.74. The van der Waals surface area contributed by atoms with Crippen molar-refractivity contribution >= 4 is 39.4 Å². The van der Waals surface area contributed by atoms with Gasteiger partial charge in [-0.2, -0.15) is 5.10 Å². The van der Waals surface area contributed by atoms with Crippen molar-refractivity contribution in [2.24, 2.45) is 5.10 Å². The first-order chi connectivity index (χ1) is 19.7. The van der Waals surface area contributed by atoms with Gasteiger partial charge in [0.2, 0.25) is 0 Å². The predicted molar refractivity (Wildman–Crippen MR) is 163 cm³/mol. The predicted octanol–water partition coefficient (Wildman–Crippen LogP) is 4.67. The van der Waals surface area contributed by atoms with Crippen LogP contribution in [0.3, 0.4) is 0 Å². The van der Waals surface area contributed by atoms with Crippen molar-refractivity contribution < 1.29 is 14.4 Å². The number of hydrogen-bond acceptors (Lipinski definition) is 4. The quantitative estimate of drug-likeness (QED) is 0.183. The highest BCUT2D eigenvalue weighted by molar-refractivity contribution is 6.13. The van der Waals surface area contributed by atoms with Crippen LogP contribution in [0.5, 0.6) is 5.75 Å². The monoisotopic (exact) mass is 529 g/mol. The average Bonchev–Trinajstić information content (AvgIpc) is 3.01. The molecular formula is C34H33N4O2+. The lowest BCUT2D eigenvalue weighted by Gasteiger charge is -2.34. The lowest BCUT2D eigenvalue weighted by molar-refractivity contribution is -0.914. The van der Waals surface area contributed by atoms with E-state index in [-0.39, 0.29) is 5.91 Å². The summed E-state index contributed by atoms with van der Waals surface area (Å²) >= 11 is 0. The van der Waals surface area contributed by atoms with Gasteiger partial charge < -0.3 is 14.5 Å². The molecule has 200 valence electrons. The lowest BCUT2D eigenvalue weighted by atomic mass is 9.97. The fraction of sp³-hybridized carbons (Fsp3) is 0.176. The van der Waals surface area contributed by atoms with Crippen LogP contribution in [0, 0.1) is 0 Å². The number of nitrogens with zero attached hydrogens (tertiary/aromatic N) is 2. The molecule has 1 heterocycles. The Labute approximate surface area is 234 Å². The minimum Gasteiger partial charge on any atom is -0.495 e. The van der Waals surface area contributed by atoms with E-state index in [0.717, 1.165) is 71.3 Å². The van der Waals surface area contributed by atoms with E-state index >= 15 is 0 Å². The molecule has 1 fully saturated rings. The Morgan fingerprint density at radius 3 is 2.17 bits per heavy atom. The van der Waals surface area contributed by atoms with Gasteiger partial charge >= 0.3 is 0 Å². The maximum atomic E-state index is 12.8. The van der Waals surface area contributed by atoms with Crippen molar-refractivity contribution in [1.82, 2.24) is 5.43 Å². The minimum atomic E-state index is -0.217. The Morgan fingerprint density at radius 1 is 0.875 bits per heavy atom. The Morgan fingerprint density at radius 2 is 1.50 bits per heavy atom. The molecule has 1 aliphatic rings. The highest BCUT2D eigenvalue weighted by Gasteiger charge is 2.22. The van der Waals surface area contributed by atoms with Crippen LogP contribution in [0.15, 0.2) is 108 Å². The number of hydrazone groups is 1. The van der Waals surface area contributed by atoms with Gasteiger partial charge in [-0.1, -0.05) is 72.8 Å². The fourth-order valence-electron chi connectivity index (χ4n) is 5.60. The van der Waals surface area contributed by atoms with Crippen LogP contribution in [0.25, 0.3) is 21.5 Å². The Bertz CT molecular complexity index is 1620. The number of methoxy groups -OCH3 is 1. The highest BCUT2D eigenvalue weighted by Crippen LogP contribution is 2.28. The first kappa shape index (κ1) is 25.6. The molecule has 0 aliphatic carbocycles. The molecule has 0 aromatic heterocycles. The van der Waals surface area contributed by atoms with Crippen LogP contribution in [-0.2, 0) is 6.54 Å². The number of anilines is 1. The van der Waals surface area contributed by atoms with E-state index in [9.17, 15) is 4.79 Å². The number of benzene rings is 5. The molecule has 0 atom stereocenters. The standard InChI is InChI=1S/C34H32N4O2/c1-40-33-13-7-6-12-32(33)38-20-18-37(19-21-38)24-25-14-16-26(17-15-25)34(39)36-35-23-31-29-10-4-2-8-27(29)22-28-9-3-5-11-30(28)31/h2-17,22-23H,18-21,24H2,1H3,(H,36,39)/p+1/b35-23-. The van der Waals surface area contributed by atoms with Crippen molar-refractivity contribution in [3.05, 3.63) is 120 Å². The first-order valence-corrected chi connectivity index (χ1v) is 13.7.